The summed E-state index contributed by atoms with van der Waals surface area (Å²) in [7, 11) is 0. The van der Waals surface area contributed by atoms with Crippen molar-refractivity contribution in [1.29, 1.82) is 0 Å². The van der Waals surface area contributed by atoms with Gasteiger partial charge in [0.05, 0.1) is 18.2 Å². The second kappa shape index (κ2) is 5.42. The van der Waals surface area contributed by atoms with Gasteiger partial charge < -0.3 is 19.6 Å². The molecule has 3 aliphatic heterocycles. The second-order valence-corrected chi connectivity index (χ2v) is 7.21. The van der Waals surface area contributed by atoms with E-state index in [4.69, 9.17) is 9.15 Å². The Morgan fingerprint density at radius 3 is 3.17 bits per heavy atom. The van der Waals surface area contributed by atoms with Crippen LogP contribution in [0.5, 0.6) is 0 Å². The predicted molar refractivity (Wildman–Crippen MR) is 86.1 cm³/mol. The lowest BCUT2D eigenvalue weighted by Gasteiger charge is -2.34. The van der Waals surface area contributed by atoms with Gasteiger partial charge in [0.15, 0.2) is 5.76 Å². The van der Waals surface area contributed by atoms with Crippen molar-refractivity contribution in [3.05, 3.63) is 30.2 Å². The fourth-order valence-corrected chi connectivity index (χ4v) is 4.74. The number of rotatable bonds is 4. The maximum absolute atomic E-state index is 9.79. The molecule has 128 valence electrons. The first-order chi connectivity index (χ1) is 11.8. The topological polar surface area (TPSA) is 86.5 Å². The molecule has 2 aromatic heterocycles. The van der Waals surface area contributed by atoms with Crippen LogP contribution in [-0.4, -0.2) is 64.7 Å². The third-order valence-corrected chi connectivity index (χ3v) is 5.79. The SMILES string of the molecule is OC[C@H]1[C@H]2CN(Cc3ccc(-c4ccn[nH]4)o3)C[C@]23CNC[C@H]1O3. The lowest BCUT2D eigenvalue weighted by atomic mass is 9.83. The number of aromatic nitrogens is 2. The lowest BCUT2D eigenvalue weighted by Crippen LogP contribution is -2.52. The molecule has 7 nitrogen and oxygen atoms in total. The number of H-pyrrole nitrogens is 1. The molecule has 24 heavy (non-hydrogen) atoms. The lowest BCUT2D eigenvalue weighted by molar-refractivity contribution is -0.0748. The molecule has 2 bridgehead atoms. The fraction of sp³-hybridized carbons (Fsp3) is 0.588. The zero-order chi connectivity index (χ0) is 16.1. The highest BCUT2D eigenvalue weighted by molar-refractivity contribution is 5.51. The molecule has 3 aliphatic rings. The van der Waals surface area contributed by atoms with E-state index >= 15 is 0 Å². The van der Waals surface area contributed by atoms with Crippen LogP contribution in [0.15, 0.2) is 28.8 Å². The second-order valence-electron chi connectivity index (χ2n) is 7.21. The van der Waals surface area contributed by atoms with Gasteiger partial charge in [-0.25, -0.2) is 0 Å². The van der Waals surface area contributed by atoms with E-state index in [0.29, 0.717) is 5.92 Å². The van der Waals surface area contributed by atoms with Crippen LogP contribution >= 0.6 is 0 Å². The minimum Gasteiger partial charge on any atom is -0.458 e. The van der Waals surface area contributed by atoms with Crippen LogP contribution in [0.1, 0.15) is 5.76 Å². The van der Waals surface area contributed by atoms with Crippen LogP contribution in [0.3, 0.4) is 0 Å². The van der Waals surface area contributed by atoms with Crippen LogP contribution in [-0.2, 0) is 11.3 Å². The summed E-state index contributed by atoms with van der Waals surface area (Å²) < 4.78 is 12.3. The molecule has 4 atom stereocenters. The van der Waals surface area contributed by atoms with E-state index in [1.54, 1.807) is 6.20 Å². The standard InChI is InChI=1S/C17H22N4O3/c22-8-12-13-7-21(10-17(13)9-18-5-16(12)24-17)6-11-1-2-15(23-11)14-3-4-19-20-14/h1-4,12-13,16,18,22H,5-10H2,(H,19,20)/t12-,13+,16+,17+/m0/s1. The predicted octanol–water partition coefficient (Wildman–Crippen LogP) is 0.451. The molecule has 0 amide bonds. The first-order valence-electron chi connectivity index (χ1n) is 8.58. The highest BCUT2D eigenvalue weighted by Gasteiger charge is 2.60. The summed E-state index contributed by atoms with van der Waals surface area (Å²) >= 11 is 0. The zero-order valence-electron chi connectivity index (χ0n) is 13.4. The first-order valence-corrected chi connectivity index (χ1v) is 8.58. The van der Waals surface area contributed by atoms with Crippen LogP contribution in [0, 0.1) is 11.8 Å². The van der Waals surface area contributed by atoms with Crippen molar-refractivity contribution in [2.75, 3.05) is 32.8 Å². The van der Waals surface area contributed by atoms with Gasteiger partial charge in [0.2, 0.25) is 0 Å². The average Bonchev–Trinajstić information content (AvgIpc) is 3.32. The number of nitrogens with zero attached hydrogens (tertiary/aromatic N) is 2. The smallest absolute Gasteiger partial charge is 0.152 e. The first kappa shape index (κ1) is 14.7. The van der Waals surface area contributed by atoms with Crippen LogP contribution in [0.4, 0.5) is 0 Å². The molecule has 5 heterocycles. The highest BCUT2D eigenvalue weighted by Crippen LogP contribution is 2.47. The molecular formula is C17H22N4O3. The summed E-state index contributed by atoms with van der Waals surface area (Å²) in [6.07, 6.45) is 1.88. The van der Waals surface area contributed by atoms with Crippen LogP contribution < -0.4 is 5.32 Å². The molecule has 3 saturated heterocycles. The summed E-state index contributed by atoms with van der Waals surface area (Å²) in [4.78, 5) is 2.38. The molecule has 3 fully saturated rings. The van der Waals surface area contributed by atoms with E-state index in [1.807, 2.05) is 18.2 Å². The number of aliphatic hydroxyl groups excluding tert-OH is 1. The van der Waals surface area contributed by atoms with Gasteiger partial charge in [-0.2, -0.15) is 5.10 Å². The largest absolute Gasteiger partial charge is 0.458 e. The number of aromatic amines is 1. The average molecular weight is 330 g/mol. The molecule has 1 spiro atoms. The van der Waals surface area contributed by atoms with Crippen LogP contribution in [0.25, 0.3) is 11.5 Å². The zero-order valence-corrected chi connectivity index (χ0v) is 13.4. The molecule has 3 N–H and O–H groups in total. The van der Waals surface area contributed by atoms with Crippen molar-refractivity contribution in [2.24, 2.45) is 11.8 Å². The maximum Gasteiger partial charge on any atom is 0.152 e. The van der Waals surface area contributed by atoms with Gasteiger partial charge in [0.25, 0.3) is 0 Å². The van der Waals surface area contributed by atoms with E-state index in [9.17, 15) is 5.11 Å². The minimum absolute atomic E-state index is 0.144. The third kappa shape index (κ3) is 2.16. The Morgan fingerprint density at radius 2 is 2.33 bits per heavy atom. The van der Waals surface area contributed by atoms with Gasteiger partial charge in [0, 0.05) is 50.8 Å². The summed E-state index contributed by atoms with van der Waals surface area (Å²) in [5, 5.41) is 20.1. The Kier molecular flexibility index (Phi) is 3.31. The van der Waals surface area contributed by atoms with Crippen molar-refractivity contribution in [2.45, 2.75) is 18.2 Å². The van der Waals surface area contributed by atoms with Crippen molar-refractivity contribution >= 4 is 0 Å². The number of aliphatic hydroxyl groups is 1. The van der Waals surface area contributed by atoms with E-state index in [-0.39, 0.29) is 24.2 Å². The number of hydrogen-bond donors (Lipinski definition) is 3. The quantitative estimate of drug-likeness (QED) is 0.755. The third-order valence-electron chi connectivity index (χ3n) is 5.79. The van der Waals surface area contributed by atoms with E-state index in [2.05, 4.69) is 20.4 Å². The Labute approximate surface area is 140 Å². The molecule has 0 aromatic carbocycles. The van der Waals surface area contributed by atoms with E-state index < -0.39 is 0 Å². The minimum atomic E-state index is -0.144. The Balaban J connectivity index is 1.32. The van der Waals surface area contributed by atoms with Gasteiger partial charge in [-0.3, -0.25) is 10.00 Å². The number of furan rings is 1. The van der Waals surface area contributed by atoms with Crippen LogP contribution in [0.2, 0.25) is 0 Å². The Bertz CT molecular complexity index is 715. The molecule has 0 unspecified atom stereocenters. The van der Waals surface area contributed by atoms with Gasteiger partial charge >= 0.3 is 0 Å². The number of nitrogens with one attached hydrogen (secondary N) is 2. The molecular weight excluding hydrogens is 308 g/mol. The van der Waals surface area contributed by atoms with E-state index in [1.165, 1.54) is 0 Å². The van der Waals surface area contributed by atoms with Gasteiger partial charge in [-0.1, -0.05) is 0 Å². The highest BCUT2D eigenvalue weighted by atomic mass is 16.5. The summed E-state index contributed by atoms with van der Waals surface area (Å²) in [5.41, 5.74) is 0.746. The summed E-state index contributed by atoms with van der Waals surface area (Å²) in [6, 6.07) is 5.90. The molecule has 0 radical (unpaired) electrons. The van der Waals surface area contributed by atoms with Crippen molar-refractivity contribution < 1.29 is 14.3 Å². The van der Waals surface area contributed by atoms with Crippen molar-refractivity contribution in [3.8, 4) is 11.5 Å². The molecule has 0 aliphatic carbocycles. The van der Waals surface area contributed by atoms with Gasteiger partial charge in [0.1, 0.15) is 11.5 Å². The summed E-state index contributed by atoms with van der Waals surface area (Å²) in [6.45, 7) is 4.53. The molecule has 2 aromatic rings. The molecule has 5 rings (SSSR count). The number of hydrogen-bond acceptors (Lipinski definition) is 6. The normalized spacial score (nSPS) is 35.5. The Hall–Kier alpha value is -1.67. The number of fused-ring (bicyclic) bond motifs is 1. The number of morpholine rings is 1. The number of ether oxygens (including phenoxy) is 1. The van der Waals surface area contributed by atoms with Gasteiger partial charge in [-0.15, -0.1) is 0 Å². The number of likely N-dealkylation sites (tertiary alicyclic amines) is 1. The molecule has 7 heteroatoms. The van der Waals surface area contributed by atoms with Gasteiger partial charge in [-0.05, 0) is 18.2 Å². The summed E-state index contributed by atoms with van der Waals surface area (Å²) in [5.74, 6) is 2.38. The van der Waals surface area contributed by atoms with Crippen molar-refractivity contribution in [3.63, 3.8) is 0 Å². The Morgan fingerprint density at radius 1 is 1.38 bits per heavy atom. The maximum atomic E-state index is 9.79. The molecule has 0 saturated carbocycles. The van der Waals surface area contributed by atoms with Crippen molar-refractivity contribution in [1.82, 2.24) is 20.4 Å². The monoisotopic (exact) mass is 330 g/mol. The fourth-order valence-electron chi connectivity index (χ4n) is 4.74. The van der Waals surface area contributed by atoms with E-state index in [0.717, 1.165) is 49.9 Å².